The molecule has 3 rings (SSSR count). The molecule has 0 fully saturated rings. The van der Waals surface area contributed by atoms with Gasteiger partial charge >= 0.3 is 0 Å². The molecule has 0 aliphatic heterocycles. The molecule has 0 aromatic heterocycles. The first-order valence-electron chi connectivity index (χ1n) is 4.61. The van der Waals surface area contributed by atoms with Crippen LogP contribution in [0.2, 0.25) is 0 Å². The molecule has 0 unspecified atom stereocenters. The molecule has 0 aromatic carbocycles. The van der Waals surface area contributed by atoms with Crippen molar-refractivity contribution >= 4 is 0 Å². The first-order valence-corrected chi connectivity index (χ1v) is 4.61. The number of hydrogen-bond acceptors (Lipinski definition) is 1. The Balaban J connectivity index is 2.47. The Morgan fingerprint density at radius 1 is 1.00 bits per heavy atom. The number of rotatable bonds is 1. The van der Waals surface area contributed by atoms with Gasteiger partial charge in [-0.05, 0) is 12.5 Å². The Hall–Kier alpha value is -1.24. The van der Waals surface area contributed by atoms with E-state index in [0.717, 1.165) is 5.76 Å². The van der Waals surface area contributed by atoms with Gasteiger partial charge in [-0.15, -0.1) is 0 Å². The Bertz CT molecular complexity index is 318. The van der Waals surface area contributed by atoms with Crippen molar-refractivity contribution in [3.8, 4) is 0 Å². The van der Waals surface area contributed by atoms with Gasteiger partial charge in [0.05, 0.1) is 13.0 Å². The van der Waals surface area contributed by atoms with Gasteiger partial charge in [0.25, 0.3) is 0 Å². The summed E-state index contributed by atoms with van der Waals surface area (Å²) in [5.74, 6) is 1.87. The van der Waals surface area contributed by atoms with E-state index in [9.17, 15) is 0 Å². The Labute approximate surface area is 79.1 Å². The molecule has 0 saturated carbocycles. The molecule has 2 bridgehead atoms. The fourth-order valence-corrected chi connectivity index (χ4v) is 1.92. The smallest absolute Gasteiger partial charge is 0.106 e. The summed E-state index contributed by atoms with van der Waals surface area (Å²) >= 11 is 0. The highest BCUT2D eigenvalue weighted by atomic mass is 16.5. The summed E-state index contributed by atoms with van der Waals surface area (Å²) in [5, 5.41) is 0. The lowest BCUT2D eigenvalue weighted by Crippen LogP contribution is -2.13. The highest BCUT2D eigenvalue weighted by Crippen LogP contribution is 2.32. The third-order valence-corrected chi connectivity index (χ3v) is 2.69. The van der Waals surface area contributed by atoms with E-state index in [4.69, 9.17) is 4.74 Å². The van der Waals surface area contributed by atoms with E-state index in [1.54, 1.807) is 7.11 Å². The third kappa shape index (κ3) is 1.35. The lowest BCUT2D eigenvalue weighted by Gasteiger charge is -2.25. The highest BCUT2D eigenvalue weighted by molar-refractivity contribution is 5.36. The van der Waals surface area contributed by atoms with Crippen molar-refractivity contribution < 1.29 is 4.74 Å². The predicted octanol–water partition coefficient (Wildman–Crippen LogP) is 2.84. The molecular formula is C12H14O. The van der Waals surface area contributed by atoms with E-state index in [1.165, 1.54) is 5.57 Å². The van der Waals surface area contributed by atoms with Crippen LogP contribution in [0.15, 0.2) is 47.8 Å². The van der Waals surface area contributed by atoms with Gasteiger partial charge in [0, 0.05) is 5.92 Å². The second kappa shape index (κ2) is 3.25. The standard InChI is InChI=1S/C12H14O/c1-9-10-5-3-4-6-11(8-7-10)12(9)13-2/h3-8,10-11H,1-2H3/b5-3?,6-4+/t10-,11-/m0/s1. The van der Waals surface area contributed by atoms with E-state index < -0.39 is 0 Å². The molecule has 0 heterocycles. The van der Waals surface area contributed by atoms with Crippen LogP contribution in [-0.2, 0) is 4.74 Å². The molecule has 0 aromatic rings. The fraction of sp³-hybridized carbons (Fsp3) is 0.333. The average molecular weight is 174 g/mol. The van der Waals surface area contributed by atoms with Crippen LogP contribution in [0, 0.1) is 11.8 Å². The minimum atomic E-state index is 0.339. The Morgan fingerprint density at radius 3 is 2.31 bits per heavy atom. The van der Waals surface area contributed by atoms with Crippen molar-refractivity contribution in [3.63, 3.8) is 0 Å². The lowest BCUT2D eigenvalue weighted by atomic mass is 9.85. The highest BCUT2D eigenvalue weighted by Gasteiger charge is 2.21. The van der Waals surface area contributed by atoms with E-state index in [1.807, 2.05) is 0 Å². The molecule has 3 aliphatic carbocycles. The van der Waals surface area contributed by atoms with Gasteiger partial charge in [-0.3, -0.25) is 0 Å². The largest absolute Gasteiger partial charge is 0.500 e. The molecule has 0 saturated heterocycles. The second-order valence-electron chi connectivity index (χ2n) is 3.46. The van der Waals surface area contributed by atoms with Crippen molar-refractivity contribution in [1.82, 2.24) is 0 Å². The summed E-state index contributed by atoms with van der Waals surface area (Å²) in [5.41, 5.74) is 1.33. The number of fused-ring (bicyclic) bond motifs is 1. The molecule has 0 N–H and O–H groups in total. The van der Waals surface area contributed by atoms with Crippen LogP contribution in [0.5, 0.6) is 0 Å². The van der Waals surface area contributed by atoms with Crippen LogP contribution in [-0.4, -0.2) is 7.11 Å². The van der Waals surface area contributed by atoms with Gasteiger partial charge in [0.1, 0.15) is 5.76 Å². The fourth-order valence-electron chi connectivity index (χ4n) is 1.92. The number of methoxy groups -OCH3 is 1. The maximum Gasteiger partial charge on any atom is 0.106 e. The van der Waals surface area contributed by atoms with Crippen molar-refractivity contribution in [2.75, 3.05) is 7.11 Å². The molecule has 0 amide bonds. The minimum Gasteiger partial charge on any atom is -0.500 e. The third-order valence-electron chi connectivity index (χ3n) is 2.69. The van der Waals surface area contributed by atoms with Crippen molar-refractivity contribution in [2.24, 2.45) is 11.8 Å². The molecule has 68 valence electrons. The number of allylic oxidation sites excluding steroid dienone is 6. The van der Waals surface area contributed by atoms with Crippen LogP contribution >= 0.6 is 0 Å². The zero-order valence-corrected chi connectivity index (χ0v) is 8.03. The summed E-state index contributed by atoms with van der Waals surface area (Å²) in [6.07, 6.45) is 13.0. The number of hydrogen-bond donors (Lipinski definition) is 0. The van der Waals surface area contributed by atoms with Gasteiger partial charge in [-0.25, -0.2) is 0 Å². The normalized spacial score (nSPS) is 33.1. The van der Waals surface area contributed by atoms with E-state index >= 15 is 0 Å². The van der Waals surface area contributed by atoms with Crippen LogP contribution in [0.1, 0.15) is 6.92 Å². The maximum atomic E-state index is 5.42. The summed E-state index contributed by atoms with van der Waals surface area (Å²) in [6.45, 7) is 2.14. The topological polar surface area (TPSA) is 9.23 Å². The Morgan fingerprint density at radius 2 is 1.62 bits per heavy atom. The summed E-state index contributed by atoms with van der Waals surface area (Å²) in [7, 11) is 1.75. The van der Waals surface area contributed by atoms with Gasteiger partial charge in [-0.1, -0.05) is 36.5 Å². The predicted molar refractivity (Wildman–Crippen MR) is 54.1 cm³/mol. The SMILES string of the molecule is COC1=C(C)[C@H]2C=C/C=C/[C@H]1C=C2. The van der Waals surface area contributed by atoms with Gasteiger partial charge in [-0.2, -0.15) is 0 Å². The molecule has 3 aliphatic rings. The van der Waals surface area contributed by atoms with Crippen LogP contribution in [0.25, 0.3) is 0 Å². The van der Waals surface area contributed by atoms with E-state index in [0.29, 0.717) is 11.8 Å². The van der Waals surface area contributed by atoms with Crippen LogP contribution in [0.3, 0.4) is 0 Å². The average Bonchev–Trinajstić information content (AvgIpc) is 2.08. The zero-order valence-electron chi connectivity index (χ0n) is 8.03. The van der Waals surface area contributed by atoms with Crippen molar-refractivity contribution in [1.29, 1.82) is 0 Å². The molecule has 1 heteroatoms. The van der Waals surface area contributed by atoms with Gasteiger partial charge in [0.2, 0.25) is 0 Å². The van der Waals surface area contributed by atoms with Crippen LogP contribution < -0.4 is 0 Å². The lowest BCUT2D eigenvalue weighted by molar-refractivity contribution is 0.258. The van der Waals surface area contributed by atoms with Gasteiger partial charge in [0.15, 0.2) is 0 Å². The molecule has 2 atom stereocenters. The van der Waals surface area contributed by atoms with Crippen molar-refractivity contribution in [3.05, 3.63) is 47.8 Å². The zero-order chi connectivity index (χ0) is 9.26. The maximum absolute atomic E-state index is 5.42. The van der Waals surface area contributed by atoms with Gasteiger partial charge < -0.3 is 4.74 Å². The summed E-state index contributed by atoms with van der Waals surface area (Å²) < 4.78 is 5.42. The molecule has 0 radical (unpaired) electrons. The first kappa shape index (κ1) is 8.36. The molecular weight excluding hydrogens is 160 g/mol. The van der Waals surface area contributed by atoms with Crippen LogP contribution in [0.4, 0.5) is 0 Å². The second-order valence-corrected chi connectivity index (χ2v) is 3.46. The molecule has 0 spiro atoms. The summed E-state index contributed by atoms with van der Waals surface area (Å²) in [4.78, 5) is 0. The molecule has 13 heavy (non-hydrogen) atoms. The number of ether oxygens (including phenoxy) is 1. The molecule has 1 nitrogen and oxygen atoms in total. The minimum absolute atomic E-state index is 0.339. The monoisotopic (exact) mass is 174 g/mol. The summed E-state index contributed by atoms with van der Waals surface area (Å²) in [6, 6.07) is 0. The van der Waals surface area contributed by atoms with E-state index in [2.05, 4.69) is 43.4 Å². The first-order chi connectivity index (χ1) is 6.33. The quantitative estimate of drug-likeness (QED) is 0.555. The van der Waals surface area contributed by atoms with Crippen molar-refractivity contribution in [2.45, 2.75) is 6.92 Å². The Kier molecular flexibility index (Phi) is 2.09. The van der Waals surface area contributed by atoms with E-state index in [-0.39, 0.29) is 0 Å².